The molecule has 1 aromatic rings. The molecular formula is C11H12O4. The van der Waals surface area contributed by atoms with E-state index in [1.54, 1.807) is 25.1 Å². The molecular weight excluding hydrogens is 196 g/mol. The van der Waals surface area contributed by atoms with Crippen LogP contribution in [-0.2, 0) is 9.53 Å². The van der Waals surface area contributed by atoms with Crippen LogP contribution in [0.2, 0.25) is 0 Å². The van der Waals surface area contributed by atoms with Crippen molar-refractivity contribution in [3.05, 3.63) is 29.3 Å². The van der Waals surface area contributed by atoms with Crippen molar-refractivity contribution in [1.82, 2.24) is 0 Å². The number of benzene rings is 1. The van der Waals surface area contributed by atoms with Crippen LogP contribution in [0.5, 0.6) is 5.75 Å². The number of hydrogen-bond donors (Lipinski definition) is 0. The minimum absolute atomic E-state index is 0.385. The molecule has 0 heterocycles. The van der Waals surface area contributed by atoms with Crippen LogP contribution in [0, 0.1) is 6.92 Å². The van der Waals surface area contributed by atoms with E-state index in [1.807, 2.05) is 0 Å². The molecule has 0 N–H and O–H groups in total. The first-order valence-electron chi connectivity index (χ1n) is 4.42. The van der Waals surface area contributed by atoms with Gasteiger partial charge in [-0.3, -0.25) is 4.79 Å². The van der Waals surface area contributed by atoms with Crippen molar-refractivity contribution in [3.63, 3.8) is 0 Å². The van der Waals surface area contributed by atoms with Crippen LogP contribution in [0.1, 0.15) is 22.8 Å². The van der Waals surface area contributed by atoms with Gasteiger partial charge in [0.05, 0.1) is 12.7 Å². The third-order valence-corrected chi connectivity index (χ3v) is 1.85. The number of esters is 2. The van der Waals surface area contributed by atoms with Crippen LogP contribution in [0.25, 0.3) is 0 Å². The summed E-state index contributed by atoms with van der Waals surface area (Å²) in [6.07, 6.45) is 0. The first-order valence-corrected chi connectivity index (χ1v) is 4.42. The molecule has 0 fully saturated rings. The molecule has 4 heteroatoms. The molecule has 0 aliphatic heterocycles. The van der Waals surface area contributed by atoms with E-state index in [1.165, 1.54) is 14.0 Å². The van der Waals surface area contributed by atoms with Crippen LogP contribution in [0.15, 0.2) is 18.2 Å². The van der Waals surface area contributed by atoms with E-state index in [0.29, 0.717) is 16.9 Å². The second-order valence-electron chi connectivity index (χ2n) is 3.07. The highest BCUT2D eigenvalue weighted by atomic mass is 16.5. The van der Waals surface area contributed by atoms with Gasteiger partial charge in [-0.05, 0) is 30.7 Å². The number of carbonyl (C=O) groups is 2. The summed E-state index contributed by atoms with van der Waals surface area (Å²) < 4.78 is 9.49. The number of ether oxygens (including phenoxy) is 2. The van der Waals surface area contributed by atoms with Gasteiger partial charge in [0.1, 0.15) is 5.75 Å². The Hall–Kier alpha value is -1.84. The van der Waals surface area contributed by atoms with Crippen molar-refractivity contribution >= 4 is 11.9 Å². The fourth-order valence-electron chi connectivity index (χ4n) is 1.16. The van der Waals surface area contributed by atoms with Crippen LogP contribution in [-0.4, -0.2) is 19.0 Å². The number of methoxy groups -OCH3 is 1. The zero-order valence-corrected chi connectivity index (χ0v) is 8.87. The maximum atomic E-state index is 11.2. The first-order chi connectivity index (χ1) is 7.04. The Labute approximate surface area is 87.8 Å². The second kappa shape index (κ2) is 4.59. The van der Waals surface area contributed by atoms with Gasteiger partial charge in [0.2, 0.25) is 0 Å². The van der Waals surface area contributed by atoms with Gasteiger partial charge in [-0.2, -0.15) is 0 Å². The topological polar surface area (TPSA) is 52.6 Å². The molecule has 1 aromatic carbocycles. The Kier molecular flexibility index (Phi) is 3.44. The van der Waals surface area contributed by atoms with Crippen LogP contribution >= 0.6 is 0 Å². The monoisotopic (exact) mass is 208 g/mol. The van der Waals surface area contributed by atoms with Crippen molar-refractivity contribution in [1.29, 1.82) is 0 Å². The quantitative estimate of drug-likeness (QED) is 0.548. The normalized spacial score (nSPS) is 9.53. The van der Waals surface area contributed by atoms with Gasteiger partial charge in [-0.25, -0.2) is 4.79 Å². The smallest absolute Gasteiger partial charge is 0.337 e. The molecule has 0 aromatic heterocycles. The molecule has 80 valence electrons. The number of aryl methyl sites for hydroxylation is 1. The van der Waals surface area contributed by atoms with Crippen LogP contribution in [0.3, 0.4) is 0 Å². The molecule has 0 aliphatic rings. The number of rotatable bonds is 2. The molecule has 0 atom stereocenters. The second-order valence-corrected chi connectivity index (χ2v) is 3.07. The van der Waals surface area contributed by atoms with Crippen LogP contribution < -0.4 is 4.74 Å². The molecule has 0 saturated carbocycles. The highest BCUT2D eigenvalue weighted by Gasteiger charge is 2.08. The van der Waals surface area contributed by atoms with Crippen molar-refractivity contribution in [2.75, 3.05) is 7.11 Å². The van der Waals surface area contributed by atoms with E-state index in [-0.39, 0.29) is 5.97 Å². The molecule has 0 spiro atoms. The molecule has 0 radical (unpaired) electrons. The molecule has 4 nitrogen and oxygen atoms in total. The van der Waals surface area contributed by atoms with Crippen molar-refractivity contribution in [3.8, 4) is 5.75 Å². The number of carbonyl (C=O) groups excluding carboxylic acids is 2. The number of hydrogen-bond acceptors (Lipinski definition) is 4. The lowest BCUT2D eigenvalue weighted by atomic mass is 10.1. The molecule has 0 saturated heterocycles. The van der Waals surface area contributed by atoms with Crippen molar-refractivity contribution in [2.45, 2.75) is 13.8 Å². The van der Waals surface area contributed by atoms with Crippen LogP contribution in [0.4, 0.5) is 0 Å². The molecule has 0 unspecified atom stereocenters. The Bertz CT molecular complexity index is 396. The lowest BCUT2D eigenvalue weighted by molar-refractivity contribution is -0.131. The minimum Gasteiger partial charge on any atom is -0.465 e. The molecule has 0 amide bonds. The molecule has 15 heavy (non-hydrogen) atoms. The molecule has 1 rings (SSSR count). The minimum atomic E-state index is -0.410. The van der Waals surface area contributed by atoms with Gasteiger partial charge in [-0.1, -0.05) is 0 Å². The Balaban J connectivity index is 2.97. The fourth-order valence-corrected chi connectivity index (χ4v) is 1.16. The fraction of sp³-hybridized carbons (Fsp3) is 0.273. The Morgan fingerprint density at radius 2 is 1.93 bits per heavy atom. The highest BCUT2D eigenvalue weighted by molar-refractivity contribution is 5.89. The van der Waals surface area contributed by atoms with E-state index in [0.717, 1.165) is 0 Å². The lowest BCUT2D eigenvalue weighted by Gasteiger charge is -2.06. The SMILES string of the molecule is COC(=O)c1ccc(OC(C)=O)c(C)c1. The largest absolute Gasteiger partial charge is 0.465 e. The van der Waals surface area contributed by atoms with Gasteiger partial charge in [0, 0.05) is 6.92 Å². The lowest BCUT2D eigenvalue weighted by Crippen LogP contribution is -2.05. The summed E-state index contributed by atoms with van der Waals surface area (Å²) >= 11 is 0. The Morgan fingerprint density at radius 1 is 1.27 bits per heavy atom. The third-order valence-electron chi connectivity index (χ3n) is 1.85. The summed E-state index contributed by atoms with van der Waals surface area (Å²) in [5.41, 5.74) is 1.15. The average Bonchev–Trinajstić information content (AvgIpc) is 2.19. The summed E-state index contributed by atoms with van der Waals surface area (Å²) in [4.78, 5) is 21.9. The van der Waals surface area contributed by atoms with E-state index in [9.17, 15) is 9.59 Å². The average molecular weight is 208 g/mol. The summed E-state index contributed by atoms with van der Waals surface area (Å²) in [6, 6.07) is 4.74. The van der Waals surface area contributed by atoms with E-state index in [2.05, 4.69) is 4.74 Å². The molecule has 0 aliphatic carbocycles. The van der Waals surface area contributed by atoms with E-state index >= 15 is 0 Å². The summed E-state index contributed by atoms with van der Waals surface area (Å²) in [5.74, 6) is -0.341. The highest BCUT2D eigenvalue weighted by Crippen LogP contribution is 2.19. The maximum Gasteiger partial charge on any atom is 0.337 e. The summed E-state index contributed by atoms with van der Waals surface area (Å²) in [5, 5.41) is 0. The van der Waals surface area contributed by atoms with Gasteiger partial charge in [-0.15, -0.1) is 0 Å². The van der Waals surface area contributed by atoms with E-state index in [4.69, 9.17) is 4.74 Å². The Morgan fingerprint density at radius 3 is 2.40 bits per heavy atom. The predicted octanol–water partition coefficient (Wildman–Crippen LogP) is 1.71. The third kappa shape index (κ3) is 2.80. The summed E-state index contributed by atoms with van der Waals surface area (Å²) in [6.45, 7) is 3.08. The predicted molar refractivity (Wildman–Crippen MR) is 53.8 cm³/mol. The zero-order valence-electron chi connectivity index (χ0n) is 8.87. The van der Waals surface area contributed by atoms with Gasteiger partial charge < -0.3 is 9.47 Å². The standard InChI is InChI=1S/C11H12O4/c1-7-6-9(11(13)14-3)4-5-10(7)15-8(2)12/h4-6H,1-3H3. The molecule has 0 bridgehead atoms. The van der Waals surface area contributed by atoms with Crippen molar-refractivity contribution in [2.24, 2.45) is 0 Å². The first kappa shape index (κ1) is 11.2. The van der Waals surface area contributed by atoms with Crippen molar-refractivity contribution < 1.29 is 19.1 Å². The summed E-state index contributed by atoms with van der Waals surface area (Å²) in [7, 11) is 1.32. The van der Waals surface area contributed by atoms with Gasteiger partial charge in [0.15, 0.2) is 0 Å². The van der Waals surface area contributed by atoms with Gasteiger partial charge >= 0.3 is 11.9 Å². The van der Waals surface area contributed by atoms with Gasteiger partial charge in [0.25, 0.3) is 0 Å². The van der Waals surface area contributed by atoms with E-state index < -0.39 is 5.97 Å². The zero-order chi connectivity index (χ0) is 11.4. The maximum absolute atomic E-state index is 11.2.